The van der Waals surface area contributed by atoms with E-state index < -0.39 is 0 Å². The molecule has 0 saturated carbocycles. The van der Waals surface area contributed by atoms with E-state index >= 15 is 0 Å². The van der Waals surface area contributed by atoms with Crippen molar-refractivity contribution in [3.05, 3.63) is 65.2 Å². The summed E-state index contributed by atoms with van der Waals surface area (Å²) in [5.41, 5.74) is 6.79. The minimum absolute atomic E-state index is 0.0667. The van der Waals surface area contributed by atoms with Crippen LogP contribution in [0.2, 0.25) is 0 Å². The number of rotatable bonds is 5. The molecule has 0 aliphatic carbocycles. The van der Waals surface area contributed by atoms with Gasteiger partial charge in [0.1, 0.15) is 5.75 Å². The van der Waals surface area contributed by atoms with Crippen LogP contribution in [-0.4, -0.2) is 18.2 Å². The lowest BCUT2D eigenvalue weighted by molar-refractivity contribution is -0.123. The predicted octanol–water partition coefficient (Wildman–Crippen LogP) is 4.21. The molecule has 0 aliphatic rings. The van der Waals surface area contributed by atoms with E-state index in [-0.39, 0.29) is 17.9 Å². The quantitative estimate of drug-likeness (QED) is 0.656. The molecule has 2 aromatic rings. The summed E-state index contributed by atoms with van der Waals surface area (Å²) in [6.07, 6.45) is 0. The highest BCUT2D eigenvalue weighted by Gasteiger charge is 2.13. The van der Waals surface area contributed by atoms with Crippen LogP contribution in [0.1, 0.15) is 44.4 Å². The Morgan fingerprint density at radius 2 is 1.64 bits per heavy atom. The van der Waals surface area contributed by atoms with Gasteiger partial charge in [-0.3, -0.25) is 4.79 Å². The van der Waals surface area contributed by atoms with Gasteiger partial charge in [0.2, 0.25) is 0 Å². The first-order valence-corrected chi connectivity index (χ1v) is 8.39. The zero-order valence-electron chi connectivity index (χ0n) is 15.6. The molecule has 2 rings (SSSR count). The third-order valence-corrected chi connectivity index (χ3v) is 3.91. The lowest BCUT2D eigenvalue weighted by Gasteiger charge is -2.19. The van der Waals surface area contributed by atoms with Crippen molar-refractivity contribution in [2.45, 2.75) is 40.0 Å². The maximum Gasteiger partial charge on any atom is 0.277 e. The molecule has 0 unspecified atom stereocenters. The second-order valence-corrected chi connectivity index (χ2v) is 7.16. The van der Waals surface area contributed by atoms with Gasteiger partial charge in [-0.15, -0.1) is 0 Å². The fourth-order valence-corrected chi connectivity index (χ4v) is 2.24. The molecule has 0 aliphatic heterocycles. The van der Waals surface area contributed by atoms with Gasteiger partial charge in [-0.1, -0.05) is 62.7 Å². The van der Waals surface area contributed by atoms with Gasteiger partial charge >= 0.3 is 0 Å². The number of aryl methyl sites for hydroxylation is 1. The number of hydrogen-bond acceptors (Lipinski definition) is 3. The standard InChI is InChI=1S/C21H26N2O2/c1-15-6-12-19(13-7-15)25-14-20(24)23-22-16(2)17-8-10-18(11-9-17)21(3,4)5/h6-13H,14H2,1-5H3,(H,23,24)/b22-16-. The summed E-state index contributed by atoms with van der Waals surface area (Å²) in [7, 11) is 0. The summed E-state index contributed by atoms with van der Waals surface area (Å²) >= 11 is 0. The number of benzene rings is 2. The molecule has 132 valence electrons. The van der Waals surface area contributed by atoms with E-state index in [9.17, 15) is 4.79 Å². The smallest absolute Gasteiger partial charge is 0.277 e. The van der Waals surface area contributed by atoms with Crippen LogP contribution in [0.15, 0.2) is 53.6 Å². The molecule has 1 N–H and O–H groups in total. The summed E-state index contributed by atoms with van der Waals surface area (Å²) in [6, 6.07) is 15.8. The number of hydrogen-bond donors (Lipinski definition) is 1. The molecule has 0 heterocycles. The number of carbonyl (C=O) groups is 1. The molecule has 0 spiro atoms. The van der Waals surface area contributed by atoms with Crippen molar-refractivity contribution in [1.29, 1.82) is 0 Å². The highest BCUT2D eigenvalue weighted by Crippen LogP contribution is 2.22. The molecule has 0 radical (unpaired) electrons. The van der Waals surface area contributed by atoms with Gasteiger partial charge in [0.15, 0.2) is 6.61 Å². The van der Waals surface area contributed by atoms with Crippen molar-refractivity contribution in [3.63, 3.8) is 0 Å². The average Bonchev–Trinajstić information content (AvgIpc) is 2.58. The molecule has 0 atom stereocenters. The van der Waals surface area contributed by atoms with Gasteiger partial charge in [0.05, 0.1) is 5.71 Å². The maximum absolute atomic E-state index is 11.9. The Kier molecular flexibility index (Phi) is 5.97. The number of amides is 1. The largest absolute Gasteiger partial charge is 0.484 e. The summed E-state index contributed by atoms with van der Waals surface area (Å²) in [5.74, 6) is 0.380. The molecule has 1 amide bonds. The highest BCUT2D eigenvalue weighted by molar-refractivity contribution is 5.99. The van der Waals surface area contributed by atoms with Crippen molar-refractivity contribution < 1.29 is 9.53 Å². The first-order chi connectivity index (χ1) is 11.8. The number of nitrogens with zero attached hydrogens (tertiary/aromatic N) is 1. The van der Waals surface area contributed by atoms with Gasteiger partial charge < -0.3 is 4.74 Å². The molecular weight excluding hydrogens is 312 g/mol. The van der Waals surface area contributed by atoms with E-state index in [1.807, 2.05) is 50.2 Å². The van der Waals surface area contributed by atoms with Crippen molar-refractivity contribution >= 4 is 11.6 Å². The van der Waals surface area contributed by atoms with Crippen molar-refractivity contribution in [2.24, 2.45) is 5.10 Å². The third-order valence-electron chi connectivity index (χ3n) is 3.91. The van der Waals surface area contributed by atoms with E-state index in [2.05, 4.69) is 43.4 Å². The van der Waals surface area contributed by atoms with E-state index in [0.717, 1.165) is 16.8 Å². The minimum Gasteiger partial charge on any atom is -0.484 e. The molecule has 0 bridgehead atoms. The van der Waals surface area contributed by atoms with Crippen LogP contribution in [0.5, 0.6) is 5.75 Å². The van der Waals surface area contributed by atoms with Crippen LogP contribution in [0.3, 0.4) is 0 Å². The van der Waals surface area contributed by atoms with Gasteiger partial charge in [-0.2, -0.15) is 5.10 Å². The third kappa shape index (κ3) is 5.75. The van der Waals surface area contributed by atoms with E-state index in [1.54, 1.807) is 0 Å². The van der Waals surface area contributed by atoms with E-state index in [0.29, 0.717) is 5.75 Å². The second-order valence-electron chi connectivity index (χ2n) is 7.16. The Bertz CT molecular complexity index is 739. The summed E-state index contributed by atoms with van der Waals surface area (Å²) in [6.45, 7) is 10.3. The normalized spacial score (nSPS) is 12.0. The van der Waals surface area contributed by atoms with E-state index in [1.165, 1.54) is 5.56 Å². The van der Waals surface area contributed by atoms with Crippen molar-refractivity contribution in [2.75, 3.05) is 6.61 Å². The molecule has 2 aromatic carbocycles. The van der Waals surface area contributed by atoms with E-state index in [4.69, 9.17) is 4.74 Å². The lowest BCUT2D eigenvalue weighted by Crippen LogP contribution is -2.25. The Morgan fingerprint density at radius 1 is 1.04 bits per heavy atom. The summed E-state index contributed by atoms with van der Waals surface area (Å²) in [4.78, 5) is 11.9. The Hall–Kier alpha value is -2.62. The van der Waals surface area contributed by atoms with Crippen LogP contribution in [0.25, 0.3) is 0 Å². The lowest BCUT2D eigenvalue weighted by atomic mass is 9.86. The van der Waals surface area contributed by atoms with Crippen LogP contribution in [-0.2, 0) is 10.2 Å². The Balaban J connectivity index is 1.89. The molecule has 0 fully saturated rings. The molecule has 25 heavy (non-hydrogen) atoms. The van der Waals surface area contributed by atoms with Crippen LogP contribution < -0.4 is 10.2 Å². The fraction of sp³-hybridized carbons (Fsp3) is 0.333. The number of ether oxygens (including phenoxy) is 1. The fourth-order valence-electron chi connectivity index (χ4n) is 2.24. The predicted molar refractivity (Wildman–Crippen MR) is 102 cm³/mol. The monoisotopic (exact) mass is 338 g/mol. The molecule has 4 nitrogen and oxygen atoms in total. The average molecular weight is 338 g/mol. The molecule has 4 heteroatoms. The maximum atomic E-state index is 11.9. The molecule has 0 aromatic heterocycles. The van der Waals surface area contributed by atoms with Crippen LogP contribution in [0.4, 0.5) is 0 Å². The van der Waals surface area contributed by atoms with Gasteiger partial charge in [-0.05, 0) is 42.5 Å². The summed E-state index contributed by atoms with van der Waals surface area (Å²) < 4.78 is 5.43. The molecular formula is C21H26N2O2. The number of nitrogens with one attached hydrogen (secondary N) is 1. The number of hydrazone groups is 1. The van der Waals surface area contributed by atoms with Gasteiger partial charge in [-0.25, -0.2) is 5.43 Å². The molecule has 0 saturated heterocycles. The van der Waals surface area contributed by atoms with Gasteiger partial charge in [0, 0.05) is 0 Å². The Morgan fingerprint density at radius 3 is 2.20 bits per heavy atom. The first kappa shape index (κ1) is 18.7. The van der Waals surface area contributed by atoms with Crippen LogP contribution in [0, 0.1) is 6.92 Å². The SMILES string of the molecule is C/C(=N/NC(=O)COc1ccc(C)cc1)c1ccc(C(C)(C)C)cc1. The first-order valence-electron chi connectivity index (χ1n) is 8.39. The van der Waals surface area contributed by atoms with Crippen molar-refractivity contribution in [1.82, 2.24) is 5.43 Å². The topological polar surface area (TPSA) is 50.7 Å². The van der Waals surface area contributed by atoms with Crippen molar-refractivity contribution in [3.8, 4) is 5.75 Å². The minimum atomic E-state index is -0.286. The number of carbonyl (C=O) groups excluding carboxylic acids is 1. The van der Waals surface area contributed by atoms with Crippen LogP contribution >= 0.6 is 0 Å². The zero-order chi connectivity index (χ0) is 18.4. The van der Waals surface area contributed by atoms with Gasteiger partial charge in [0.25, 0.3) is 5.91 Å². The Labute approximate surface area is 149 Å². The second kappa shape index (κ2) is 7.97. The zero-order valence-corrected chi connectivity index (χ0v) is 15.6. The summed E-state index contributed by atoms with van der Waals surface area (Å²) in [5, 5.41) is 4.15. The highest BCUT2D eigenvalue weighted by atomic mass is 16.5.